The summed E-state index contributed by atoms with van der Waals surface area (Å²) in [7, 11) is 1.37. The zero-order chi connectivity index (χ0) is 19.8. The Hall–Kier alpha value is -1.57. The van der Waals surface area contributed by atoms with E-state index in [-0.39, 0.29) is 23.2 Å². The van der Waals surface area contributed by atoms with Gasteiger partial charge in [0.05, 0.1) is 25.9 Å². The fourth-order valence-corrected chi connectivity index (χ4v) is 4.17. The largest absolute Gasteiger partial charge is 0.468 e. The molecule has 0 spiro atoms. The number of nitrogens with zero attached hydrogens (tertiary/aromatic N) is 1. The lowest BCUT2D eigenvalue weighted by atomic mass is 10.0. The normalized spacial score (nSPS) is 17.4. The molecule has 1 aromatic rings. The first-order valence-electron chi connectivity index (χ1n) is 9.37. The molecule has 27 heavy (non-hydrogen) atoms. The van der Waals surface area contributed by atoms with E-state index in [4.69, 9.17) is 9.47 Å². The van der Waals surface area contributed by atoms with Crippen LogP contribution in [0.3, 0.4) is 0 Å². The molecule has 6 nitrogen and oxygen atoms in total. The molecule has 1 aromatic carbocycles. The number of methoxy groups -OCH3 is 1. The first kappa shape index (κ1) is 21.7. The van der Waals surface area contributed by atoms with Gasteiger partial charge in [-0.2, -0.15) is 0 Å². The molecule has 0 bridgehead atoms. The Morgan fingerprint density at radius 3 is 2.52 bits per heavy atom. The van der Waals surface area contributed by atoms with E-state index >= 15 is 0 Å². The molecule has 1 saturated heterocycles. The number of carbonyl (C=O) groups is 2. The highest BCUT2D eigenvalue weighted by molar-refractivity contribution is 8.00. The average molecular weight is 395 g/mol. The second kappa shape index (κ2) is 10.7. The molecule has 1 aliphatic rings. The Kier molecular flexibility index (Phi) is 8.60. The number of morpholine rings is 1. The smallest absolute Gasteiger partial charge is 0.318 e. The lowest BCUT2D eigenvalue weighted by molar-refractivity contribution is -0.139. The number of nitrogens with one attached hydrogen (secondary N) is 1. The Morgan fingerprint density at radius 2 is 1.89 bits per heavy atom. The van der Waals surface area contributed by atoms with Gasteiger partial charge in [-0.05, 0) is 25.0 Å². The number of esters is 1. The van der Waals surface area contributed by atoms with Gasteiger partial charge in [0.2, 0.25) is 0 Å². The van der Waals surface area contributed by atoms with E-state index in [0.29, 0.717) is 18.0 Å². The highest BCUT2D eigenvalue weighted by Gasteiger charge is 2.25. The predicted octanol–water partition coefficient (Wildman–Crippen LogP) is 2.43. The fourth-order valence-electron chi connectivity index (χ4n) is 3.15. The highest BCUT2D eigenvalue weighted by Crippen LogP contribution is 2.27. The summed E-state index contributed by atoms with van der Waals surface area (Å²) in [5, 5.41) is 2.71. The van der Waals surface area contributed by atoms with Crippen molar-refractivity contribution in [3.05, 3.63) is 29.8 Å². The van der Waals surface area contributed by atoms with E-state index in [1.807, 2.05) is 18.2 Å². The van der Waals surface area contributed by atoms with Crippen LogP contribution in [-0.2, 0) is 14.3 Å². The summed E-state index contributed by atoms with van der Waals surface area (Å²) < 4.78 is 10.2. The Bertz CT molecular complexity index is 632. The Balaban J connectivity index is 2.03. The van der Waals surface area contributed by atoms with Crippen molar-refractivity contribution in [2.24, 2.45) is 5.92 Å². The molecular weight excluding hydrogens is 364 g/mol. The number of ether oxygens (including phenoxy) is 2. The number of amides is 1. The first-order chi connectivity index (χ1) is 12.9. The van der Waals surface area contributed by atoms with E-state index in [1.165, 1.54) is 18.9 Å². The molecule has 0 aliphatic carbocycles. The lowest BCUT2D eigenvalue weighted by Crippen LogP contribution is -2.51. The maximum atomic E-state index is 12.8. The van der Waals surface area contributed by atoms with Crippen LogP contribution in [0.15, 0.2) is 29.2 Å². The number of thioether (sulfide) groups is 1. The highest BCUT2D eigenvalue weighted by atomic mass is 32.2. The van der Waals surface area contributed by atoms with E-state index in [9.17, 15) is 9.59 Å². The van der Waals surface area contributed by atoms with Gasteiger partial charge in [0.1, 0.15) is 5.25 Å². The summed E-state index contributed by atoms with van der Waals surface area (Å²) in [5.41, 5.74) is 0.586. The summed E-state index contributed by atoms with van der Waals surface area (Å²) >= 11 is 1.34. The van der Waals surface area contributed by atoms with Gasteiger partial charge in [0.15, 0.2) is 0 Å². The van der Waals surface area contributed by atoms with Gasteiger partial charge in [-0.1, -0.05) is 26.0 Å². The number of hydrogen-bond acceptors (Lipinski definition) is 6. The minimum atomic E-state index is -0.374. The second-order valence-corrected chi connectivity index (χ2v) is 8.33. The van der Waals surface area contributed by atoms with Gasteiger partial charge in [-0.15, -0.1) is 11.8 Å². The second-order valence-electron chi connectivity index (χ2n) is 6.95. The van der Waals surface area contributed by atoms with Gasteiger partial charge in [-0.25, -0.2) is 0 Å². The Morgan fingerprint density at radius 1 is 1.22 bits per heavy atom. The van der Waals surface area contributed by atoms with E-state index in [2.05, 4.69) is 24.1 Å². The minimum Gasteiger partial charge on any atom is -0.468 e. The molecular formula is C20H30N2O4S. The van der Waals surface area contributed by atoms with Crippen LogP contribution < -0.4 is 5.32 Å². The lowest BCUT2D eigenvalue weighted by Gasteiger charge is -2.37. The van der Waals surface area contributed by atoms with Crippen molar-refractivity contribution in [3.8, 4) is 0 Å². The fraction of sp³-hybridized carbons (Fsp3) is 0.600. The van der Waals surface area contributed by atoms with Gasteiger partial charge >= 0.3 is 5.97 Å². The van der Waals surface area contributed by atoms with Crippen molar-refractivity contribution in [3.63, 3.8) is 0 Å². The van der Waals surface area contributed by atoms with E-state index in [0.717, 1.165) is 31.2 Å². The zero-order valence-electron chi connectivity index (χ0n) is 16.6. The summed E-state index contributed by atoms with van der Waals surface area (Å²) in [6.07, 6.45) is 0. The Labute approximate surface area is 166 Å². The van der Waals surface area contributed by atoms with Crippen molar-refractivity contribution in [1.82, 2.24) is 10.2 Å². The number of hydrogen-bond donors (Lipinski definition) is 1. The molecule has 1 amide bonds. The molecule has 150 valence electrons. The predicted molar refractivity (Wildman–Crippen MR) is 107 cm³/mol. The molecule has 2 rings (SSSR count). The molecule has 2 unspecified atom stereocenters. The van der Waals surface area contributed by atoms with Gasteiger partial charge in [-0.3, -0.25) is 14.5 Å². The van der Waals surface area contributed by atoms with Gasteiger partial charge < -0.3 is 14.8 Å². The quantitative estimate of drug-likeness (QED) is 0.540. The molecule has 0 radical (unpaired) electrons. The van der Waals surface area contributed by atoms with Crippen LogP contribution in [0.5, 0.6) is 0 Å². The third-order valence-corrected chi connectivity index (χ3v) is 5.88. The van der Waals surface area contributed by atoms with Crippen LogP contribution >= 0.6 is 11.8 Å². The third-order valence-electron chi connectivity index (χ3n) is 4.72. The van der Waals surface area contributed by atoms with Crippen molar-refractivity contribution in [2.75, 3.05) is 40.0 Å². The van der Waals surface area contributed by atoms with Crippen LogP contribution in [0.2, 0.25) is 0 Å². The molecule has 1 aliphatic heterocycles. The zero-order valence-corrected chi connectivity index (χ0v) is 17.4. The summed E-state index contributed by atoms with van der Waals surface area (Å²) in [6.45, 7) is 9.97. The van der Waals surface area contributed by atoms with E-state index in [1.54, 1.807) is 13.0 Å². The SMILES string of the molecule is COC(=O)C(C)Sc1ccccc1C(=O)NCC(C(C)C)N1CCOCC1. The molecule has 0 saturated carbocycles. The maximum absolute atomic E-state index is 12.8. The molecule has 2 atom stereocenters. The first-order valence-corrected chi connectivity index (χ1v) is 10.3. The number of carbonyl (C=O) groups excluding carboxylic acids is 2. The molecule has 1 N–H and O–H groups in total. The maximum Gasteiger partial charge on any atom is 0.318 e. The summed E-state index contributed by atoms with van der Waals surface area (Å²) in [5.74, 6) is 0.00356. The summed E-state index contributed by atoms with van der Waals surface area (Å²) in [4.78, 5) is 27.7. The molecule has 7 heteroatoms. The van der Waals surface area contributed by atoms with Crippen LogP contribution in [0.1, 0.15) is 31.1 Å². The van der Waals surface area contributed by atoms with E-state index < -0.39 is 0 Å². The van der Waals surface area contributed by atoms with Crippen molar-refractivity contribution >= 4 is 23.6 Å². The minimum absolute atomic E-state index is 0.117. The average Bonchev–Trinajstić information content (AvgIpc) is 2.68. The third kappa shape index (κ3) is 6.23. The molecule has 1 fully saturated rings. The van der Waals surface area contributed by atoms with Crippen LogP contribution in [0, 0.1) is 5.92 Å². The van der Waals surface area contributed by atoms with Crippen molar-refractivity contribution < 1.29 is 19.1 Å². The van der Waals surface area contributed by atoms with Gasteiger partial charge in [0.25, 0.3) is 5.91 Å². The topological polar surface area (TPSA) is 67.9 Å². The van der Waals surface area contributed by atoms with Gasteiger partial charge in [0, 0.05) is 30.6 Å². The molecule has 0 aromatic heterocycles. The monoisotopic (exact) mass is 394 g/mol. The summed E-state index contributed by atoms with van der Waals surface area (Å²) in [6, 6.07) is 7.63. The number of rotatable bonds is 8. The van der Waals surface area contributed by atoms with Crippen molar-refractivity contribution in [2.45, 2.75) is 37.0 Å². The van der Waals surface area contributed by atoms with Crippen LogP contribution in [0.25, 0.3) is 0 Å². The van der Waals surface area contributed by atoms with Crippen LogP contribution in [-0.4, -0.2) is 68.0 Å². The van der Waals surface area contributed by atoms with Crippen LogP contribution in [0.4, 0.5) is 0 Å². The standard InChI is InChI=1S/C20H30N2O4S/c1-14(2)17(22-9-11-26-12-10-22)13-21-19(23)16-7-5-6-8-18(16)27-15(3)20(24)25-4/h5-8,14-15,17H,9-13H2,1-4H3,(H,21,23). The molecule has 1 heterocycles. The van der Waals surface area contributed by atoms with Crippen molar-refractivity contribution in [1.29, 1.82) is 0 Å². The number of benzene rings is 1.